The summed E-state index contributed by atoms with van der Waals surface area (Å²) in [5.41, 5.74) is 22.8. The smallest absolute Gasteiger partial charge is 0.0739 e. The molecular weight excluding hydrogens is 597 g/mol. The second-order valence-electron chi connectivity index (χ2n) is 13.9. The normalized spacial score (nSPS) is 13.5. The molecule has 9 aromatic rings. The van der Waals surface area contributed by atoms with Gasteiger partial charge in [0.25, 0.3) is 0 Å². The number of para-hydroxylation sites is 4. The Morgan fingerprint density at radius 2 is 0.755 bits per heavy atom. The topological polar surface area (TPSA) is 19.7 Å². The molecule has 0 N–H and O–H groups in total. The molecule has 0 atom stereocenters. The summed E-state index contributed by atoms with van der Waals surface area (Å²) in [6.07, 6.45) is 2.73. The molecule has 0 radical (unpaired) electrons. The Labute approximate surface area is 282 Å². The third kappa shape index (κ3) is 3.38. The minimum atomic E-state index is 0.894. The number of benzene rings is 7. The van der Waals surface area contributed by atoms with Crippen LogP contribution in [0, 0.1) is 0 Å². The maximum absolute atomic E-state index is 2.58. The number of aromatic nitrogens is 4. The zero-order valence-electron chi connectivity index (χ0n) is 26.8. The molecule has 5 heterocycles. The lowest BCUT2D eigenvalue weighted by Gasteiger charge is -2.32. The molecule has 230 valence electrons. The Balaban J connectivity index is 1.41. The Morgan fingerprint density at radius 1 is 0.306 bits per heavy atom. The van der Waals surface area contributed by atoms with Crippen LogP contribution in [0.5, 0.6) is 0 Å². The average Bonchev–Trinajstić information content (AvgIpc) is 3.14. The van der Waals surface area contributed by atoms with Crippen LogP contribution < -0.4 is 0 Å². The van der Waals surface area contributed by atoms with Crippen LogP contribution in [0.25, 0.3) is 66.9 Å². The summed E-state index contributed by atoms with van der Waals surface area (Å²) in [5, 5.41) is 0. The van der Waals surface area contributed by atoms with Gasteiger partial charge in [0.1, 0.15) is 0 Å². The van der Waals surface area contributed by atoms with E-state index in [4.69, 9.17) is 0 Å². The maximum atomic E-state index is 2.58. The van der Waals surface area contributed by atoms with Crippen molar-refractivity contribution in [2.45, 2.75) is 19.3 Å². The van der Waals surface area contributed by atoms with E-state index in [0.717, 1.165) is 30.6 Å². The first-order valence-corrected chi connectivity index (χ1v) is 17.2. The minimum absolute atomic E-state index is 0.894. The first-order valence-electron chi connectivity index (χ1n) is 17.2. The van der Waals surface area contributed by atoms with Gasteiger partial charge in [0.05, 0.1) is 55.5 Å². The van der Waals surface area contributed by atoms with E-state index < -0.39 is 0 Å². The van der Waals surface area contributed by atoms with Crippen LogP contribution >= 0.6 is 0 Å². The van der Waals surface area contributed by atoms with E-state index in [0.29, 0.717) is 0 Å². The zero-order chi connectivity index (χ0) is 31.8. The van der Waals surface area contributed by atoms with E-state index in [-0.39, 0.29) is 0 Å². The van der Waals surface area contributed by atoms with Crippen molar-refractivity contribution in [2.24, 2.45) is 0 Å². The van der Waals surface area contributed by atoms with Gasteiger partial charge in [-0.2, -0.15) is 0 Å². The van der Waals surface area contributed by atoms with Gasteiger partial charge in [0, 0.05) is 24.2 Å². The van der Waals surface area contributed by atoms with Crippen molar-refractivity contribution in [3.63, 3.8) is 0 Å². The number of hydrogen-bond acceptors (Lipinski definition) is 0. The van der Waals surface area contributed by atoms with Crippen molar-refractivity contribution in [1.29, 1.82) is 0 Å². The lowest BCUT2D eigenvalue weighted by atomic mass is 9.91. The summed E-state index contributed by atoms with van der Waals surface area (Å²) in [5.74, 6) is 0. The van der Waals surface area contributed by atoms with Crippen molar-refractivity contribution >= 4 is 44.1 Å². The number of nitrogens with zero attached hydrogens (tertiary/aromatic N) is 4. The molecule has 3 aliphatic rings. The second kappa shape index (κ2) is 9.21. The standard InChI is InChI=1S/C45H30N4/c1-3-11-34(12-4-1)46-36-15-7-9-32-24-30-19-17-28-21-29-18-20-31-25-33-10-8-16-37-45(33)49(39(31)23-29)43-27-42(48(44(32)36)38(30)22-28)40(46)26-41(43)47(37)35-13-5-2-6-14-35/h1-20,22-23,26-27H,21,24-25H2. The Kier molecular flexibility index (Phi) is 4.85. The highest BCUT2D eigenvalue weighted by Crippen LogP contribution is 2.43. The lowest BCUT2D eigenvalue weighted by molar-refractivity contribution is 0.980. The van der Waals surface area contributed by atoms with Crippen molar-refractivity contribution in [1.82, 2.24) is 18.3 Å². The largest absolute Gasteiger partial charge is 0.306 e. The summed E-state index contributed by atoms with van der Waals surface area (Å²) in [6, 6.07) is 54.8. The fourth-order valence-electron chi connectivity index (χ4n) is 9.10. The zero-order valence-corrected chi connectivity index (χ0v) is 26.8. The highest BCUT2D eigenvalue weighted by Gasteiger charge is 2.28. The van der Waals surface area contributed by atoms with E-state index in [9.17, 15) is 0 Å². The van der Waals surface area contributed by atoms with Gasteiger partial charge in [-0.3, -0.25) is 0 Å². The second-order valence-corrected chi connectivity index (χ2v) is 13.9. The fraction of sp³-hybridized carbons (Fsp3) is 0.0667. The van der Waals surface area contributed by atoms with E-state index in [1.54, 1.807) is 0 Å². The van der Waals surface area contributed by atoms with Crippen LogP contribution in [-0.4, -0.2) is 18.3 Å². The molecule has 0 fully saturated rings. The quantitative estimate of drug-likeness (QED) is 0.170. The molecule has 4 heteroatoms. The SMILES string of the molecule is c1ccc(-n2c3cc4c5cc3n3c6c(cccc62)Cc2ccc(cc2-3)Cc2ccc3c(c2)-n5c2c(cccc2n4-c2ccccc2)C3)cc1. The molecule has 0 aliphatic carbocycles. The van der Waals surface area contributed by atoms with E-state index >= 15 is 0 Å². The average molecular weight is 627 g/mol. The Morgan fingerprint density at radius 3 is 1.22 bits per heavy atom. The summed E-state index contributed by atoms with van der Waals surface area (Å²) in [6.45, 7) is 0. The molecule has 0 spiro atoms. The monoisotopic (exact) mass is 626 g/mol. The van der Waals surface area contributed by atoms with Crippen LogP contribution in [0.2, 0.25) is 0 Å². The van der Waals surface area contributed by atoms with Crippen molar-refractivity contribution in [3.8, 4) is 22.7 Å². The number of hydrogen-bond donors (Lipinski definition) is 0. The molecule has 0 amide bonds. The summed E-state index contributed by atoms with van der Waals surface area (Å²) < 4.78 is 10.1. The minimum Gasteiger partial charge on any atom is -0.306 e. The van der Waals surface area contributed by atoms with Gasteiger partial charge in [-0.25, -0.2) is 0 Å². The van der Waals surface area contributed by atoms with Gasteiger partial charge < -0.3 is 18.3 Å². The summed E-state index contributed by atoms with van der Waals surface area (Å²) in [7, 11) is 0. The van der Waals surface area contributed by atoms with Crippen molar-refractivity contribution < 1.29 is 0 Å². The third-order valence-corrected chi connectivity index (χ3v) is 11.1. The summed E-state index contributed by atoms with van der Waals surface area (Å²) >= 11 is 0. The van der Waals surface area contributed by atoms with Gasteiger partial charge in [0.2, 0.25) is 0 Å². The molecule has 7 aromatic carbocycles. The van der Waals surface area contributed by atoms with Crippen LogP contribution in [0.15, 0.2) is 146 Å². The van der Waals surface area contributed by atoms with Gasteiger partial charge in [-0.05, 0) is 100 Å². The molecule has 12 rings (SSSR count). The van der Waals surface area contributed by atoms with Crippen molar-refractivity contribution in [3.05, 3.63) is 179 Å². The van der Waals surface area contributed by atoms with Gasteiger partial charge in [0.15, 0.2) is 0 Å². The van der Waals surface area contributed by atoms with Gasteiger partial charge in [-0.15, -0.1) is 0 Å². The highest BCUT2D eigenvalue weighted by molar-refractivity contribution is 6.04. The van der Waals surface area contributed by atoms with Crippen LogP contribution in [0.4, 0.5) is 0 Å². The molecule has 49 heavy (non-hydrogen) atoms. The molecule has 0 saturated heterocycles. The highest BCUT2D eigenvalue weighted by atomic mass is 15.1. The van der Waals surface area contributed by atoms with E-state index in [2.05, 4.69) is 164 Å². The molecular formula is C45H30N4. The van der Waals surface area contributed by atoms with E-state index in [1.165, 1.54) is 88.9 Å². The molecule has 0 unspecified atom stereocenters. The van der Waals surface area contributed by atoms with Gasteiger partial charge >= 0.3 is 0 Å². The lowest BCUT2D eigenvalue weighted by Crippen LogP contribution is -2.18. The molecule has 6 bridgehead atoms. The summed E-state index contributed by atoms with van der Waals surface area (Å²) in [4.78, 5) is 0. The number of rotatable bonds is 2. The van der Waals surface area contributed by atoms with Crippen LogP contribution in [0.3, 0.4) is 0 Å². The van der Waals surface area contributed by atoms with E-state index in [1.807, 2.05) is 0 Å². The molecule has 3 aliphatic heterocycles. The first-order chi connectivity index (χ1) is 24.3. The predicted molar refractivity (Wildman–Crippen MR) is 200 cm³/mol. The van der Waals surface area contributed by atoms with Crippen LogP contribution in [0.1, 0.15) is 33.4 Å². The predicted octanol–water partition coefficient (Wildman–Crippen LogP) is 10.3. The maximum Gasteiger partial charge on any atom is 0.0739 e. The third-order valence-electron chi connectivity index (χ3n) is 11.1. The van der Waals surface area contributed by atoms with Crippen LogP contribution in [-0.2, 0) is 19.3 Å². The van der Waals surface area contributed by atoms with Crippen molar-refractivity contribution in [2.75, 3.05) is 0 Å². The Bertz CT molecular complexity index is 2750. The van der Waals surface area contributed by atoms with Gasteiger partial charge in [-0.1, -0.05) is 84.9 Å². The molecule has 4 nitrogen and oxygen atoms in total. The fourth-order valence-corrected chi connectivity index (χ4v) is 9.10. The first kappa shape index (κ1) is 25.8. The molecule has 2 aromatic heterocycles. The Hall–Kier alpha value is -6.26. The molecule has 0 saturated carbocycles. The number of fused-ring (bicyclic) bond motifs is 2.